The number of benzene rings is 2. The summed E-state index contributed by atoms with van der Waals surface area (Å²) in [5, 5.41) is 8.96. The highest BCUT2D eigenvalue weighted by Crippen LogP contribution is 2.44. The Balaban J connectivity index is 1.21. The summed E-state index contributed by atoms with van der Waals surface area (Å²) >= 11 is 0. The molecular formula is C24H20N2O4. The van der Waals surface area contributed by atoms with Crippen LogP contribution in [0.2, 0.25) is 0 Å². The number of pyridine rings is 1. The molecule has 1 aliphatic heterocycles. The average molecular weight is 400 g/mol. The minimum Gasteiger partial charge on any atom is -0.478 e. The summed E-state index contributed by atoms with van der Waals surface area (Å²) in [6.07, 6.45) is 1.03. The zero-order valence-corrected chi connectivity index (χ0v) is 16.2. The molecule has 6 heteroatoms. The third-order valence-electron chi connectivity index (χ3n) is 5.93. The molecule has 3 aromatic rings. The van der Waals surface area contributed by atoms with Gasteiger partial charge in [0.2, 0.25) is 0 Å². The van der Waals surface area contributed by atoms with Crippen molar-refractivity contribution in [2.45, 2.75) is 11.8 Å². The van der Waals surface area contributed by atoms with Crippen LogP contribution >= 0.6 is 0 Å². The number of amides is 1. The van der Waals surface area contributed by atoms with Crippen molar-refractivity contribution in [1.82, 2.24) is 9.88 Å². The summed E-state index contributed by atoms with van der Waals surface area (Å²) in [5.41, 5.74) is 5.74. The van der Waals surface area contributed by atoms with Crippen molar-refractivity contribution in [1.29, 1.82) is 0 Å². The van der Waals surface area contributed by atoms with Crippen molar-refractivity contribution >= 4 is 12.1 Å². The molecule has 1 amide bonds. The van der Waals surface area contributed by atoms with Crippen LogP contribution < -0.4 is 0 Å². The molecule has 0 radical (unpaired) electrons. The van der Waals surface area contributed by atoms with Gasteiger partial charge in [0.05, 0.1) is 5.56 Å². The summed E-state index contributed by atoms with van der Waals surface area (Å²) in [6, 6.07) is 19.8. The normalized spacial score (nSPS) is 15.3. The second kappa shape index (κ2) is 7.30. The van der Waals surface area contributed by atoms with Gasteiger partial charge in [-0.05, 0) is 34.4 Å². The first-order valence-corrected chi connectivity index (χ1v) is 9.91. The van der Waals surface area contributed by atoms with Crippen molar-refractivity contribution in [2.75, 3.05) is 19.7 Å². The molecule has 0 saturated carbocycles. The van der Waals surface area contributed by atoms with E-state index >= 15 is 0 Å². The molecule has 30 heavy (non-hydrogen) atoms. The lowest BCUT2D eigenvalue weighted by Gasteiger charge is -2.38. The van der Waals surface area contributed by atoms with E-state index in [1.165, 1.54) is 28.5 Å². The Morgan fingerprint density at radius 1 is 0.967 bits per heavy atom. The molecule has 0 atom stereocenters. The Hall–Kier alpha value is -3.67. The molecule has 2 aromatic carbocycles. The number of carboxylic acid groups (broad SMARTS) is 1. The van der Waals surface area contributed by atoms with Gasteiger partial charge in [-0.1, -0.05) is 48.5 Å². The maximum Gasteiger partial charge on any atom is 0.409 e. The fourth-order valence-corrected chi connectivity index (χ4v) is 4.27. The highest BCUT2D eigenvalue weighted by Gasteiger charge is 2.35. The van der Waals surface area contributed by atoms with E-state index in [9.17, 15) is 9.59 Å². The molecule has 1 fully saturated rings. The van der Waals surface area contributed by atoms with Crippen LogP contribution in [0.1, 0.15) is 39.0 Å². The van der Waals surface area contributed by atoms with Crippen LogP contribution in [-0.4, -0.2) is 46.7 Å². The number of aromatic nitrogens is 1. The molecule has 0 unspecified atom stereocenters. The predicted octanol–water partition coefficient (Wildman–Crippen LogP) is 4.13. The molecule has 1 saturated heterocycles. The third kappa shape index (κ3) is 3.10. The predicted molar refractivity (Wildman–Crippen MR) is 111 cm³/mol. The van der Waals surface area contributed by atoms with Gasteiger partial charge >= 0.3 is 12.1 Å². The number of hydrogen-bond acceptors (Lipinski definition) is 4. The fraction of sp³-hybridized carbons (Fsp3) is 0.208. The van der Waals surface area contributed by atoms with Crippen molar-refractivity contribution in [3.05, 3.63) is 89.2 Å². The SMILES string of the molecule is O=C(O)c1ccc(C2CN(C(=O)OCC3c4ccccc4-c4ccccc43)C2)nc1. The van der Waals surface area contributed by atoms with Crippen LogP contribution in [0.5, 0.6) is 0 Å². The maximum atomic E-state index is 12.5. The van der Waals surface area contributed by atoms with Gasteiger partial charge in [-0.25, -0.2) is 9.59 Å². The van der Waals surface area contributed by atoms with Crippen LogP contribution in [0.4, 0.5) is 4.79 Å². The zero-order chi connectivity index (χ0) is 20.7. The van der Waals surface area contributed by atoms with Crippen molar-refractivity contribution < 1.29 is 19.4 Å². The molecule has 1 N–H and O–H groups in total. The Morgan fingerprint density at radius 3 is 2.17 bits per heavy atom. The summed E-state index contributed by atoms with van der Waals surface area (Å²) < 4.78 is 5.67. The molecule has 1 aromatic heterocycles. The van der Waals surface area contributed by atoms with Crippen molar-refractivity contribution in [3.63, 3.8) is 0 Å². The highest BCUT2D eigenvalue weighted by atomic mass is 16.6. The molecule has 150 valence electrons. The lowest BCUT2D eigenvalue weighted by molar-refractivity contribution is 0.0689. The molecule has 2 aliphatic rings. The first-order chi connectivity index (χ1) is 14.6. The molecule has 6 nitrogen and oxygen atoms in total. The fourth-order valence-electron chi connectivity index (χ4n) is 4.27. The highest BCUT2D eigenvalue weighted by molar-refractivity contribution is 5.87. The van der Waals surface area contributed by atoms with E-state index in [1.807, 2.05) is 24.3 Å². The summed E-state index contributed by atoms with van der Waals surface area (Å²) in [4.78, 5) is 29.3. The number of carboxylic acids is 1. The van der Waals surface area contributed by atoms with Gasteiger partial charge in [0.1, 0.15) is 6.61 Å². The van der Waals surface area contributed by atoms with Crippen LogP contribution in [0.25, 0.3) is 11.1 Å². The average Bonchev–Trinajstić information content (AvgIpc) is 3.05. The lowest BCUT2D eigenvalue weighted by Crippen LogP contribution is -2.49. The van der Waals surface area contributed by atoms with Crippen molar-refractivity contribution in [2.24, 2.45) is 0 Å². The Bertz CT molecular complexity index is 1070. The molecule has 5 rings (SSSR count). The van der Waals surface area contributed by atoms with E-state index < -0.39 is 5.97 Å². The van der Waals surface area contributed by atoms with Gasteiger partial charge in [0.15, 0.2) is 0 Å². The summed E-state index contributed by atoms with van der Waals surface area (Å²) in [7, 11) is 0. The Kier molecular flexibility index (Phi) is 4.47. The van der Waals surface area contributed by atoms with Crippen LogP contribution in [0.3, 0.4) is 0 Å². The van der Waals surface area contributed by atoms with Gasteiger partial charge < -0.3 is 14.7 Å². The zero-order valence-electron chi connectivity index (χ0n) is 16.2. The maximum absolute atomic E-state index is 12.5. The summed E-state index contributed by atoms with van der Waals surface area (Å²) in [5.74, 6) is -0.847. The second-order valence-electron chi connectivity index (χ2n) is 7.68. The van der Waals surface area contributed by atoms with Gasteiger partial charge in [-0.2, -0.15) is 0 Å². The van der Waals surface area contributed by atoms with Gasteiger partial charge in [-0.15, -0.1) is 0 Å². The number of fused-ring (bicyclic) bond motifs is 3. The molecule has 0 spiro atoms. The second-order valence-corrected chi connectivity index (χ2v) is 7.68. The molecule has 0 bridgehead atoms. The lowest BCUT2D eigenvalue weighted by atomic mass is 9.96. The number of aromatic carboxylic acids is 1. The van der Waals surface area contributed by atoms with E-state index in [2.05, 4.69) is 29.2 Å². The molecular weight excluding hydrogens is 380 g/mol. The van der Waals surface area contributed by atoms with Crippen LogP contribution in [0, 0.1) is 0 Å². The number of hydrogen-bond donors (Lipinski definition) is 1. The van der Waals surface area contributed by atoms with E-state index in [0.29, 0.717) is 19.7 Å². The largest absolute Gasteiger partial charge is 0.478 e. The minimum absolute atomic E-state index is 0.0450. The number of likely N-dealkylation sites (tertiary alicyclic amines) is 1. The van der Waals surface area contributed by atoms with Crippen LogP contribution in [0.15, 0.2) is 66.9 Å². The van der Waals surface area contributed by atoms with Gasteiger partial charge in [0.25, 0.3) is 0 Å². The van der Waals surface area contributed by atoms with E-state index in [0.717, 1.165) is 5.69 Å². The van der Waals surface area contributed by atoms with E-state index in [4.69, 9.17) is 9.84 Å². The van der Waals surface area contributed by atoms with E-state index in [1.54, 1.807) is 17.0 Å². The van der Waals surface area contributed by atoms with Gasteiger partial charge in [0, 0.05) is 36.8 Å². The first kappa shape index (κ1) is 18.4. The first-order valence-electron chi connectivity index (χ1n) is 9.91. The van der Waals surface area contributed by atoms with E-state index in [-0.39, 0.29) is 23.5 Å². The van der Waals surface area contributed by atoms with Gasteiger partial charge in [-0.3, -0.25) is 4.98 Å². The topological polar surface area (TPSA) is 79.7 Å². The third-order valence-corrected chi connectivity index (χ3v) is 5.93. The van der Waals surface area contributed by atoms with Crippen molar-refractivity contribution in [3.8, 4) is 11.1 Å². The molecule has 2 heterocycles. The quantitative estimate of drug-likeness (QED) is 0.712. The summed E-state index contributed by atoms with van der Waals surface area (Å²) in [6.45, 7) is 1.35. The Labute approximate surface area is 173 Å². The number of ether oxygens (including phenoxy) is 1. The monoisotopic (exact) mass is 400 g/mol. The number of rotatable bonds is 4. The molecule has 1 aliphatic carbocycles. The minimum atomic E-state index is -0.997. The van der Waals surface area contributed by atoms with Crippen LogP contribution in [-0.2, 0) is 4.74 Å². The number of carbonyl (C=O) groups is 2. The number of nitrogens with zero attached hydrogens (tertiary/aromatic N) is 2. The smallest absolute Gasteiger partial charge is 0.409 e. The standard InChI is InChI=1S/C24H20N2O4/c27-23(28)15-9-10-22(25-11-15)16-12-26(13-16)24(29)30-14-21-19-7-3-1-5-17(19)18-6-2-4-8-20(18)21/h1-11,16,21H,12-14H2,(H,27,28). The number of carbonyl (C=O) groups excluding carboxylic acids is 1. The Morgan fingerprint density at radius 2 is 1.60 bits per heavy atom.